The molecular formula is C20H25N3O2. The molecule has 2 aromatic rings. The zero-order valence-electron chi connectivity index (χ0n) is 14.8. The summed E-state index contributed by atoms with van der Waals surface area (Å²) in [5.41, 5.74) is 4.58. The van der Waals surface area contributed by atoms with Crippen LogP contribution in [-0.4, -0.2) is 34.2 Å². The molecule has 2 heterocycles. The second kappa shape index (κ2) is 7.00. The Balaban J connectivity index is 1.51. The summed E-state index contributed by atoms with van der Waals surface area (Å²) in [7, 11) is 1.70. The highest BCUT2D eigenvalue weighted by atomic mass is 16.5. The third-order valence-corrected chi connectivity index (χ3v) is 5.18. The Labute approximate surface area is 148 Å². The monoisotopic (exact) mass is 339 g/mol. The first-order chi connectivity index (χ1) is 12.2. The summed E-state index contributed by atoms with van der Waals surface area (Å²) in [4.78, 5) is 14.7. The number of carbonyl (C=O) groups excluding carboxylic acids is 1. The van der Waals surface area contributed by atoms with E-state index in [9.17, 15) is 4.79 Å². The lowest BCUT2D eigenvalue weighted by molar-refractivity contribution is -0.131. The number of ether oxygens (including phenoxy) is 1. The molecule has 1 fully saturated rings. The number of fused-ring (bicyclic) bond motifs is 1. The minimum absolute atomic E-state index is 0.190. The second-order valence-electron chi connectivity index (χ2n) is 7.16. The number of benzene rings is 1. The maximum absolute atomic E-state index is 12.7. The van der Waals surface area contributed by atoms with Crippen LogP contribution in [0.5, 0.6) is 0 Å². The highest BCUT2D eigenvalue weighted by molar-refractivity contribution is 5.79. The first-order valence-corrected chi connectivity index (χ1v) is 9.12. The van der Waals surface area contributed by atoms with Crippen molar-refractivity contribution in [3.63, 3.8) is 0 Å². The Bertz CT molecular complexity index is 750. The number of rotatable bonds is 6. The fourth-order valence-electron chi connectivity index (χ4n) is 3.61. The van der Waals surface area contributed by atoms with E-state index >= 15 is 0 Å². The van der Waals surface area contributed by atoms with Crippen molar-refractivity contribution in [3.8, 4) is 0 Å². The molecular weight excluding hydrogens is 314 g/mol. The van der Waals surface area contributed by atoms with E-state index in [2.05, 4.69) is 4.68 Å². The molecule has 0 atom stereocenters. The number of amides is 1. The maximum Gasteiger partial charge on any atom is 0.227 e. The van der Waals surface area contributed by atoms with Crippen LogP contribution in [-0.2, 0) is 42.1 Å². The fourth-order valence-corrected chi connectivity index (χ4v) is 3.61. The molecule has 132 valence electrons. The van der Waals surface area contributed by atoms with E-state index in [0.29, 0.717) is 19.6 Å². The van der Waals surface area contributed by atoms with Gasteiger partial charge in [-0.2, -0.15) is 5.10 Å². The van der Waals surface area contributed by atoms with E-state index in [1.165, 1.54) is 24.1 Å². The number of carbonyl (C=O) groups is 1. The summed E-state index contributed by atoms with van der Waals surface area (Å²) in [6.07, 6.45) is 3.98. The van der Waals surface area contributed by atoms with Crippen molar-refractivity contribution in [2.24, 2.45) is 5.92 Å². The average molecular weight is 339 g/mol. The van der Waals surface area contributed by atoms with Gasteiger partial charge in [-0.3, -0.25) is 9.48 Å². The summed E-state index contributed by atoms with van der Waals surface area (Å²) >= 11 is 0. The molecule has 25 heavy (non-hydrogen) atoms. The molecule has 0 saturated heterocycles. The van der Waals surface area contributed by atoms with Gasteiger partial charge >= 0.3 is 0 Å². The summed E-state index contributed by atoms with van der Waals surface area (Å²) in [5, 5.41) is 4.79. The minimum atomic E-state index is 0.190. The highest BCUT2D eigenvalue weighted by Gasteiger charge is 2.30. The van der Waals surface area contributed by atoms with E-state index in [1.54, 1.807) is 7.11 Å². The molecule has 0 N–H and O–H groups in total. The van der Waals surface area contributed by atoms with Crippen LogP contribution in [0.2, 0.25) is 0 Å². The summed E-state index contributed by atoms with van der Waals surface area (Å²) in [5.74, 6) is 0.979. The van der Waals surface area contributed by atoms with Gasteiger partial charge in [0, 0.05) is 44.4 Å². The Hall–Kier alpha value is -2.14. The minimum Gasteiger partial charge on any atom is -0.378 e. The van der Waals surface area contributed by atoms with E-state index in [0.717, 1.165) is 36.7 Å². The van der Waals surface area contributed by atoms with Gasteiger partial charge in [0.05, 0.1) is 18.7 Å². The van der Waals surface area contributed by atoms with Crippen LogP contribution in [0.1, 0.15) is 35.4 Å². The van der Waals surface area contributed by atoms with E-state index in [-0.39, 0.29) is 5.91 Å². The number of methoxy groups -OCH3 is 1. The van der Waals surface area contributed by atoms with Crippen molar-refractivity contribution in [2.75, 3.05) is 13.7 Å². The number of hydrogen-bond donors (Lipinski definition) is 0. The van der Waals surface area contributed by atoms with Crippen molar-refractivity contribution in [2.45, 2.75) is 45.4 Å². The molecule has 0 spiro atoms. The summed E-state index contributed by atoms with van der Waals surface area (Å²) in [6, 6.07) is 9.96. The van der Waals surface area contributed by atoms with Crippen LogP contribution in [0.4, 0.5) is 0 Å². The Morgan fingerprint density at radius 1 is 1.28 bits per heavy atom. The maximum atomic E-state index is 12.7. The molecule has 2 aliphatic rings. The van der Waals surface area contributed by atoms with Gasteiger partial charge in [0.1, 0.15) is 0 Å². The third-order valence-electron chi connectivity index (χ3n) is 5.18. The zero-order chi connectivity index (χ0) is 17.2. The van der Waals surface area contributed by atoms with Crippen LogP contribution in [0, 0.1) is 5.92 Å². The highest BCUT2D eigenvalue weighted by Crippen LogP contribution is 2.32. The average Bonchev–Trinajstić information content (AvgIpc) is 3.39. The van der Waals surface area contributed by atoms with Gasteiger partial charge in [-0.25, -0.2) is 0 Å². The van der Waals surface area contributed by atoms with Crippen LogP contribution in [0.15, 0.2) is 30.3 Å². The molecule has 1 saturated carbocycles. The molecule has 0 bridgehead atoms. The quantitative estimate of drug-likeness (QED) is 0.813. The van der Waals surface area contributed by atoms with Gasteiger partial charge in [-0.05, 0) is 24.3 Å². The van der Waals surface area contributed by atoms with Crippen LogP contribution in [0.25, 0.3) is 0 Å². The summed E-state index contributed by atoms with van der Waals surface area (Å²) < 4.78 is 7.52. The number of hydrogen-bond acceptors (Lipinski definition) is 3. The smallest absolute Gasteiger partial charge is 0.227 e. The van der Waals surface area contributed by atoms with Crippen molar-refractivity contribution < 1.29 is 9.53 Å². The van der Waals surface area contributed by atoms with Crippen molar-refractivity contribution in [3.05, 3.63) is 52.8 Å². The number of nitrogens with zero attached hydrogens (tertiary/aromatic N) is 3. The van der Waals surface area contributed by atoms with Crippen molar-refractivity contribution >= 4 is 5.91 Å². The zero-order valence-corrected chi connectivity index (χ0v) is 14.8. The molecule has 1 amide bonds. The van der Waals surface area contributed by atoms with Gasteiger partial charge in [-0.15, -0.1) is 0 Å². The lowest BCUT2D eigenvalue weighted by Gasteiger charge is -2.28. The molecule has 1 aliphatic heterocycles. The first kappa shape index (κ1) is 16.3. The molecule has 4 rings (SSSR count). The second-order valence-corrected chi connectivity index (χ2v) is 7.16. The van der Waals surface area contributed by atoms with Crippen LogP contribution >= 0.6 is 0 Å². The first-order valence-electron chi connectivity index (χ1n) is 9.12. The molecule has 5 nitrogen and oxygen atoms in total. The van der Waals surface area contributed by atoms with E-state index in [1.807, 2.05) is 35.2 Å². The predicted octanol–water partition coefficient (Wildman–Crippen LogP) is 2.57. The van der Waals surface area contributed by atoms with Crippen molar-refractivity contribution in [1.82, 2.24) is 14.7 Å². The molecule has 0 radical (unpaired) electrons. The SMILES string of the molecule is COCc1nn(CC2CC2)c2c1CN(C(=O)Cc1ccccc1)CC2. The topological polar surface area (TPSA) is 47.4 Å². The Kier molecular flexibility index (Phi) is 4.57. The van der Waals surface area contributed by atoms with E-state index < -0.39 is 0 Å². The van der Waals surface area contributed by atoms with Gasteiger partial charge in [-0.1, -0.05) is 30.3 Å². The third kappa shape index (κ3) is 3.61. The predicted molar refractivity (Wildman–Crippen MR) is 94.9 cm³/mol. The normalized spacial score (nSPS) is 16.8. The van der Waals surface area contributed by atoms with E-state index in [4.69, 9.17) is 9.84 Å². The lowest BCUT2D eigenvalue weighted by Crippen LogP contribution is -2.37. The van der Waals surface area contributed by atoms with Crippen LogP contribution < -0.4 is 0 Å². The fraction of sp³-hybridized carbons (Fsp3) is 0.500. The Morgan fingerprint density at radius 2 is 2.08 bits per heavy atom. The molecule has 1 aliphatic carbocycles. The van der Waals surface area contributed by atoms with Gasteiger partial charge in [0.15, 0.2) is 0 Å². The lowest BCUT2D eigenvalue weighted by atomic mass is 10.0. The number of aromatic nitrogens is 2. The largest absolute Gasteiger partial charge is 0.378 e. The molecule has 5 heteroatoms. The standard InChI is InChI=1S/C20H25N3O2/c1-25-14-18-17-13-22(20(24)11-15-5-3-2-4-6-15)10-9-19(17)23(21-18)12-16-7-8-16/h2-6,16H,7-14H2,1H3. The van der Waals surface area contributed by atoms with Crippen LogP contribution in [0.3, 0.4) is 0 Å². The summed E-state index contributed by atoms with van der Waals surface area (Å²) in [6.45, 7) is 2.97. The van der Waals surface area contributed by atoms with Gasteiger partial charge in [0.25, 0.3) is 0 Å². The molecule has 0 unspecified atom stereocenters. The molecule has 1 aromatic carbocycles. The van der Waals surface area contributed by atoms with Gasteiger partial charge in [0.2, 0.25) is 5.91 Å². The van der Waals surface area contributed by atoms with Crippen molar-refractivity contribution in [1.29, 1.82) is 0 Å². The van der Waals surface area contributed by atoms with Gasteiger partial charge < -0.3 is 9.64 Å². The Morgan fingerprint density at radius 3 is 2.80 bits per heavy atom. The molecule has 1 aromatic heterocycles.